The molecule has 13 heavy (non-hydrogen) atoms. The number of rotatable bonds is 1. The Kier molecular flexibility index (Phi) is 2.51. The van der Waals surface area contributed by atoms with Crippen LogP contribution in [0.25, 0.3) is 0 Å². The van der Waals surface area contributed by atoms with Gasteiger partial charge in [0.1, 0.15) is 5.82 Å². The molecule has 0 aliphatic carbocycles. The highest BCUT2D eigenvalue weighted by molar-refractivity contribution is 5.95. The number of hydrogen-bond acceptors (Lipinski definition) is 2. The van der Waals surface area contributed by atoms with Gasteiger partial charge in [0.25, 0.3) is 5.91 Å². The average Bonchev–Trinajstić information content (AvgIpc) is 2.13. The van der Waals surface area contributed by atoms with Gasteiger partial charge in [0.2, 0.25) is 0 Å². The topological polar surface area (TPSA) is 55.1 Å². The van der Waals surface area contributed by atoms with Gasteiger partial charge < -0.3 is 11.1 Å². The maximum Gasteiger partial charge on any atom is 0.251 e. The molecule has 0 fully saturated rings. The van der Waals surface area contributed by atoms with Crippen LogP contribution in [0.1, 0.15) is 15.9 Å². The predicted molar refractivity (Wildman–Crippen MR) is 48.9 cm³/mol. The second-order valence-electron chi connectivity index (χ2n) is 2.72. The number of hydrogen-bond donors (Lipinski definition) is 2. The summed E-state index contributed by atoms with van der Waals surface area (Å²) in [5.74, 6) is -0.836. The highest BCUT2D eigenvalue weighted by Crippen LogP contribution is 2.18. The summed E-state index contributed by atoms with van der Waals surface area (Å²) in [6, 6.07) is 2.89. The average molecular weight is 182 g/mol. The fourth-order valence-electron chi connectivity index (χ4n) is 1.09. The Balaban J connectivity index is 3.26. The van der Waals surface area contributed by atoms with Crippen molar-refractivity contribution in [2.45, 2.75) is 6.92 Å². The minimum Gasteiger partial charge on any atom is -0.396 e. The summed E-state index contributed by atoms with van der Waals surface area (Å²) >= 11 is 0. The fourth-order valence-corrected chi connectivity index (χ4v) is 1.09. The molecule has 1 rings (SSSR count). The quantitative estimate of drug-likeness (QED) is 0.638. The van der Waals surface area contributed by atoms with Crippen molar-refractivity contribution < 1.29 is 9.18 Å². The molecule has 0 bridgehead atoms. The van der Waals surface area contributed by atoms with Crippen molar-refractivity contribution in [3.05, 3.63) is 29.1 Å². The van der Waals surface area contributed by atoms with Gasteiger partial charge in [-0.1, -0.05) is 0 Å². The van der Waals surface area contributed by atoms with Crippen LogP contribution in [0, 0.1) is 12.7 Å². The molecule has 4 heteroatoms. The summed E-state index contributed by atoms with van der Waals surface area (Å²) in [6.45, 7) is 1.52. The second kappa shape index (κ2) is 3.43. The van der Waals surface area contributed by atoms with E-state index < -0.39 is 5.82 Å². The number of benzene rings is 1. The number of carbonyl (C=O) groups is 1. The highest BCUT2D eigenvalue weighted by atomic mass is 19.1. The molecule has 70 valence electrons. The van der Waals surface area contributed by atoms with Crippen molar-refractivity contribution >= 4 is 11.6 Å². The van der Waals surface area contributed by atoms with Crippen LogP contribution in [0.4, 0.5) is 10.1 Å². The van der Waals surface area contributed by atoms with E-state index in [1.54, 1.807) is 0 Å². The summed E-state index contributed by atoms with van der Waals surface area (Å²) in [6.07, 6.45) is 0. The van der Waals surface area contributed by atoms with Crippen LogP contribution in [0.5, 0.6) is 0 Å². The number of nitrogens with two attached hydrogens (primary N) is 1. The number of amides is 1. The normalized spacial score (nSPS) is 9.77. The molecular formula is C9H11FN2O. The van der Waals surface area contributed by atoms with Crippen molar-refractivity contribution in [2.75, 3.05) is 12.8 Å². The molecule has 0 heterocycles. The number of carbonyl (C=O) groups excluding carboxylic acids is 1. The zero-order valence-corrected chi connectivity index (χ0v) is 7.52. The van der Waals surface area contributed by atoms with Crippen molar-refractivity contribution in [2.24, 2.45) is 0 Å². The number of nitrogen functional groups attached to an aromatic ring is 1. The van der Waals surface area contributed by atoms with E-state index in [1.165, 1.54) is 26.1 Å². The molecular weight excluding hydrogens is 171 g/mol. The van der Waals surface area contributed by atoms with Gasteiger partial charge in [-0.05, 0) is 24.6 Å². The first kappa shape index (κ1) is 9.51. The molecule has 1 amide bonds. The van der Waals surface area contributed by atoms with Gasteiger partial charge in [-0.3, -0.25) is 4.79 Å². The van der Waals surface area contributed by atoms with E-state index in [0.717, 1.165) is 0 Å². The fraction of sp³-hybridized carbons (Fsp3) is 0.222. The lowest BCUT2D eigenvalue weighted by atomic mass is 10.1. The molecule has 0 unspecified atom stereocenters. The van der Waals surface area contributed by atoms with Crippen molar-refractivity contribution in [1.82, 2.24) is 5.32 Å². The molecule has 3 N–H and O–H groups in total. The van der Waals surface area contributed by atoms with Crippen LogP contribution in [0.2, 0.25) is 0 Å². The van der Waals surface area contributed by atoms with E-state index in [0.29, 0.717) is 5.56 Å². The van der Waals surface area contributed by atoms with Gasteiger partial charge >= 0.3 is 0 Å². The van der Waals surface area contributed by atoms with Crippen molar-refractivity contribution in [1.29, 1.82) is 0 Å². The van der Waals surface area contributed by atoms with E-state index >= 15 is 0 Å². The van der Waals surface area contributed by atoms with Gasteiger partial charge in [0.05, 0.1) is 5.69 Å². The number of halogens is 1. The smallest absolute Gasteiger partial charge is 0.251 e. The Hall–Kier alpha value is -1.58. The highest BCUT2D eigenvalue weighted by Gasteiger charge is 2.12. The predicted octanol–water partition coefficient (Wildman–Crippen LogP) is 1.08. The molecule has 3 nitrogen and oxygen atoms in total. The zero-order chi connectivity index (χ0) is 10.0. The molecule has 1 aromatic carbocycles. The third-order valence-electron chi connectivity index (χ3n) is 1.89. The molecule has 0 atom stereocenters. The van der Waals surface area contributed by atoms with Gasteiger partial charge in [-0.2, -0.15) is 0 Å². The van der Waals surface area contributed by atoms with Gasteiger partial charge in [0.15, 0.2) is 0 Å². The number of anilines is 1. The van der Waals surface area contributed by atoms with E-state index in [-0.39, 0.29) is 17.2 Å². The maximum absolute atomic E-state index is 13.2. The molecule has 0 aliphatic heterocycles. The standard InChI is InChI=1S/C9H11FN2O/c1-5-6(9(13)12-2)3-4-7(11)8(5)10/h3-4H,11H2,1-2H3,(H,12,13). The molecule has 0 aliphatic rings. The lowest BCUT2D eigenvalue weighted by Crippen LogP contribution is -2.19. The van der Waals surface area contributed by atoms with Crippen LogP contribution in [0.3, 0.4) is 0 Å². The Bertz CT molecular complexity index is 350. The molecule has 0 spiro atoms. The van der Waals surface area contributed by atoms with Crippen LogP contribution in [0.15, 0.2) is 12.1 Å². The first-order chi connectivity index (χ1) is 6.07. The van der Waals surface area contributed by atoms with Crippen LogP contribution in [-0.4, -0.2) is 13.0 Å². The van der Waals surface area contributed by atoms with Crippen LogP contribution in [-0.2, 0) is 0 Å². The summed E-state index contributed by atoms with van der Waals surface area (Å²) in [5, 5.41) is 2.42. The Morgan fingerprint density at radius 1 is 1.54 bits per heavy atom. The van der Waals surface area contributed by atoms with E-state index in [1.807, 2.05) is 0 Å². The lowest BCUT2D eigenvalue weighted by molar-refractivity contribution is 0.0962. The van der Waals surface area contributed by atoms with E-state index in [9.17, 15) is 9.18 Å². The molecule has 0 saturated heterocycles. The molecule has 0 radical (unpaired) electrons. The number of nitrogens with one attached hydrogen (secondary N) is 1. The van der Waals surface area contributed by atoms with Crippen LogP contribution >= 0.6 is 0 Å². The second-order valence-corrected chi connectivity index (χ2v) is 2.72. The van der Waals surface area contributed by atoms with Crippen molar-refractivity contribution in [3.8, 4) is 0 Å². The van der Waals surface area contributed by atoms with E-state index in [4.69, 9.17) is 5.73 Å². The lowest BCUT2D eigenvalue weighted by Gasteiger charge is -2.06. The van der Waals surface area contributed by atoms with Crippen molar-refractivity contribution in [3.63, 3.8) is 0 Å². The Morgan fingerprint density at radius 2 is 2.15 bits per heavy atom. The SMILES string of the molecule is CNC(=O)c1ccc(N)c(F)c1C. The minimum atomic E-state index is -0.527. The minimum absolute atomic E-state index is 0.0603. The van der Waals surface area contributed by atoms with E-state index in [2.05, 4.69) is 5.32 Å². The summed E-state index contributed by atoms with van der Waals surface area (Å²) < 4.78 is 13.2. The summed E-state index contributed by atoms with van der Waals surface area (Å²) in [4.78, 5) is 11.2. The first-order valence-corrected chi connectivity index (χ1v) is 3.84. The Morgan fingerprint density at radius 3 is 2.69 bits per heavy atom. The Labute approximate surface area is 75.7 Å². The molecule has 0 saturated carbocycles. The third kappa shape index (κ3) is 1.61. The third-order valence-corrected chi connectivity index (χ3v) is 1.89. The molecule has 0 aromatic heterocycles. The zero-order valence-electron chi connectivity index (χ0n) is 7.52. The van der Waals surface area contributed by atoms with Gasteiger partial charge in [-0.25, -0.2) is 4.39 Å². The van der Waals surface area contributed by atoms with Gasteiger partial charge in [0, 0.05) is 12.6 Å². The van der Waals surface area contributed by atoms with Gasteiger partial charge in [-0.15, -0.1) is 0 Å². The largest absolute Gasteiger partial charge is 0.396 e. The summed E-state index contributed by atoms with van der Waals surface area (Å²) in [7, 11) is 1.50. The first-order valence-electron chi connectivity index (χ1n) is 3.84. The monoisotopic (exact) mass is 182 g/mol. The van der Waals surface area contributed by atoms with Crippen LogP contribution < -0.4 is 11.1 Å². The summed E-state index contributed by atoms with van der Waals surface area (Å²) in [5.41, 5.74) is 5.98. The molecule has 1 aromatic rings. The maximum atomic E-state index is 13.2.